The van der Waals surface area contributed by atoms with E-state index >= 15 is 0 Å². The molecule has 1 N–H and O–H groups in total. The van der Waals surface area contributed by atoms with Gasteiger partial charge in [0, 0.05) is 18.7 Å². The van der Waals surface area contributed by atoms with Crippen LogP contribution in [0.2, 0.25) is 0 Å². The van der Waals surface area contributed by atoms with E-state index < -0.39 is 12.0 Å². The van der Waals surface area contributed by atoms with Gasteiger partial charge in [-0.05, 0) is 37.5 Å². The standard InChI is InChI=1S/C23H28N2O5/c1-5-30-23(27)25-15(2)11-18(22(26)24-14-16-9-7-6-8-10-16)17-12-20(28-3)21(29-4)13-19(17)25/h6-10,12-13,15,18H,5,11,14H2,1-4H3,(H,24,26). The van der Waals surface area contributed by atoms with Gasteiger partial charge in [0.25, 0.3) is 0 Å². The predicted molar refractivity (Wildman–Crippen MR) is 114 cm³/mol. The van der Waals surface area contributed by atoms with E-state index in [1.807, 2.05) is 37.3 Å². The smallest absolute Gasteiger partial charge is 0.414 e. The Morgan fingerprint density at radius 3 is 2.40 bits per heavy atom. The predicted octanol–water partition coefficient (Wildman–Crippen LogP) is 3.86. The van der Waals surface area contributed by atoms with E-state index in [0.29, 0.717) is 35.7 Å². The highest BCUT2D eigenvalue weighted by Gasteiger charge is 2.38. The van der Waals surface area contributed by atoms with E-state index in [4.69, 9.17) is 14.2 Å². The van der Waals surface area contributed by atoms with Gasteiger partial charge in [-0.25, -0.2) is 4.79 Å². The molecular weight excluding hydrogens is 384 g/mol. The molecule has 1 aliphatic heterocycles. The number of hydrogen-bond donors (Lipinski definition) is 1. The van der Waals surface area contributed by atoms with E-state index in [2.05, 4.69) is 5.32 Å². The van der Waals surface area contributed by atoms with Gasteiger partial charge in [-0.3, -0.25) is 9.69 Å². The van der Waals surface area contributed by atoms with Crippen molar-refractivity contribution in [2.75, 3.05) is 25.7 Å². The highest BCUT2D eigenvalue weighted by atomic mass is 16.6. The summed E-state index contributed by atoms with van der Waals surface area (Å²) in [4.78, 5) is 27.3. The number of hydrogen-bond acceptors (Lipinski definition) is 5. The van der Waals surface area contributed by atoms with Gasteiger partial charge in [-0.2, -0.15) is 0 Å². The molecule has 2 amide bonds. The second-order valence-corrected chi connectivity index (χ2v) is 7.18. The SMILES string of the molecule is CCOC(=O)N1c2cc(OC)c(OC)cc2C(C(=O)NCc2ccccc2)CC1C. The number of carbonyl (C=O) groups excluding carboxylic acids is 2. The Bertz CT molecular complexity index is 900. The lowest BCUT2D eigenvalue weighted by atomic mass is 9.85. The van der Waals surface area contributed by atoms with E-state index in [9.17, 15) is 9.59 Å². The van der Waals surface area contributed by atoms with Crippen molar-refractivity contribution in [2.24, 2.45) is 0 Å². The number of carbonyl (C=O) groups is 2. The van der Waals surface area contributed by atoms with Gasteiger partial charge in [0.15, 0.2) is 11.5 Å². The number of nitrogens with one attached hydrogen (secondary N) is 1. The van der Waals surface area contributed by atoms with Crippen LogP contribution in [0, 0.1) is 0 Å². The topological polar surface area (TPSA) is 77.1 Å². The normalized spacial score (nSPS) is 17.7. The van der Waals surface area contributed by atoms with Gasteiger partial charge in [0.2, 0.25) is 5.91 Å². The Hall–Kier alpha value is -3.22. The molecule has 1 aliphatic rings. The van der Waals surface area contributed by atoms with Crippen LogP contribution in [0.3, 0.4) is 0 Å². The van der Waals surface area contributed by atoms with E-state index in [0.717, 1.165) is 5.56 Å². The van der Waals surface area contributed by atoms with Crippen molar-refractivity contribution < 1.29 is 23.8 Å². The molecule has 160 valence electrons. The molecule has 2 atom stereocenters. The molecule has 0 spiro atoms. The number of fused-ring (bicyclic) bond motifs is 1. The lowest BCUT2D eigenvalue weighted by molar-refractivity contribution is -0.123. The zero-order valence-corrected chi connectivity index (χ0v) is 17.8. The molecule has 2 unspecified atom stereocenters. The maximum atomic E-state index is 13.1. The van der Waals surface area contributed by atoms with Gasteiger partial charge < -0.3 is 19.5 Å². The Labute approximate surface area is 176 Å². The van der Waals surface area contributed by atoms with Crippen LogP contribution >= 0.6 is 0 Å². The molecule has 0 aromatic heterocycles. The summed E-state index contributed by atoms with van der Waals surface area (Å²) in [5, 5.41) is 3.02. The maximum absolute atomic E-state index is 13.1. The van der Waals surface area contributed by atoms with Gasteiger partial charge in [0.1, 0.15) is 0 Å². The summed E-state index contributed by atoms with van der Waals surface area (Å²) in [5.41, 5.74) is 2.34. The van der Waals surface area contributed by atoms with Gasteiger partial charge >= 0.3 is 6.09 Å². The maximum Gasteiger partial charge on any atom is 0.414 e. The van der Waals surface area contributed by atoms with Crippen LogP contribution in [-0.4, -0.2) is 38.9 Å². The van der Waals surface area contributed by atoms with Crippen LogP contribution in [0.5, 0.6) is 11.5 Å². The molecule has 0 fully saturated rings. The zero-order valence-electron chi connectivity index (χ0n) is 17.8. The van der Waals surface area contributed by atoms with Crippen molar-refractivity contribution in [3.63, 3.8) is 0 Å². The second-order valence-electron chi connectivity index (χ2n) is 7.18. The minimum absolute atomic E-state index is 0.0947. The molecule has 30 heavy (non-hydrogen) atoms. The fraction of sp³-hybridized carbons (Fsp3) is 0.391. The average Bonchev–Trinajstić information content (AvgIpc) is 2.76. The molecule has 2 aromatic rings. The Kier molecular flexibility index (Phi) is 6.82. The highest BCUT2D eigenvalue weighted by molar-refractivity contribution is 5.95. The average molecular weight is 412 g/mol. The lowest BCUT2D eigenvalue weighted by Gasteiger charge is -2.38. The van der Waals surface area contributed by atoms with Crippen LogP contribution in [0.25, 0.3) is 0 Å². The van der Waals surface area contributed by atoms with Crippen molar-refractivity contribution in [1.82, 2.24) is 5.32 Å². The molecule has 2 aromatic carbocycles. The minimum Gasteiger partial charge on any atom is -0.493 e. The monoisotopic (exact) mass is 412 g/mol. The fourth-order valence-corrected chi connectivity index (χ4v) is 3.81. The fourth-order valence-electron chi connectivity index (χ4n) is 3.81. The van der Waals surface area contributed by atoms with E-state index in [-0.39, 0.29) is 18.6 Å². The Balaban J connectivity index is 1.96. The summed E-state index contributed by atoms with van der Waals surface area (Å²) in [6.07, 6.45) is 0.0312. The molecule has 0 saturated carbocycles. The summed E-state index contributed by atoms with van der Waals surface area (Å²) in [7, 11) is 3.08. The number of amides is 2. The van der Waals surface area contributed by atoms with Crippen LogP contribution in [0.4, 0.5) is 10.5 Å². The van der Waals surface area contributed by atoms with Crippen molar-refractivity contribution in [3.05, 3.63) is 53.6 Å². The Morgan fingerprint density at radius 1 is 1.10 bits per heavy atom. The molecule has 0 bridgehead atoms. The first-order valence-electron chi connectivity index (χ1n) is 10.0. The first-order chi connectivity index (χ1) is 14.5. The van der Waals surface area contributed by atoms with Crippen molar-refractivity contribution >= 4 is 17.7 Å². The zero-order chi connectivity index (χ0) is 21.7. The summed E-state index contributed by atoms with van der Waals surface area (Å²) in [6, 6.07) is 13.0. The van der Waals surface area contributed by atoms with Crippen LogP contribution < -0.4 is 19.7 Å². The number of benzene rings is 2. The van der Waals surface area contributed by atoms with Crippen molar-refractivity contribution in [3.8, 4) is 11.5 Å². The van der Waals surface area contributed by atoms with Crippen LogP contribution in [0.15, 0.2) is 42.5 Å². The first kappa shape index (κ1) is 21.5. The number of anilines is 1. The number of rotatable bonds is 6. The summed E-state index contributed by atoms with van der Waals surface area (Å²) in [6.45, 7) is 4.39. The van der Waals surface area contributed by atoms with E-state index in [1.54, 1.807) is 31.1 Å². The molecular formula is C23H28N2O5. The molecule has 0 saturated heterocycles. The van der Waals surface area contributed by atoms with Crippen LogP contribution in [-0.2, 0) is 16.1 Å². The van der Waals surface area contributed by atoms with Gasteiger partial charge in [0.05, 0.1) is 32.4 Å². The van der Waals surface area contributed by atoms with Gasteiger partial charge in [-0.1, -0.05) is 30.3 Å². The number of ether oxygens (including phenoxy) is 3. The Morgan fingerprint density at radius 2 is 1.77 bits per heavy atom. The third-order valence-corrected chi connectivity index (χ3v) is 5.28. The quantitative estimate of drug-likeness (QED) is 0.780. The largest absolute Gasteiger partial charge is 0.493 e. The summed E-state index contributed by atoms with van der Waals surface area (Å²) in [5.74, 6) is 0.477. The molecule has 3 rings (SSSR count). The molecule has 1 heterocycles. The molecule has 0 aliphatic carbocycles. The minimum atomic E-state index is -0.443. The van der Waals surface area contributed by atoms with Crippen molar-refractivity contribution in [1.29, 1.82) is 0 Å². The lowest BCUT2D eigenvalue weighted by Crippen LogP contribution is -2.46. The molecule has 0 radical (unpaired) electrons. The summed E-state index contributed by atoms with van der Waals surface area (Å²) >= 11 is 0. The van der Waals surface area contributed by atoms with Crippen molar-refractivity contribution in [2.45, 2.75) is 38.8 Å². The molecule has 7 heteroatoms. The van der Waals surface area contributed by atoms with E-state index in [1.165, 1.54) is 7.11 Å². The van der Waals surface area contributed by atoms with Gasteiger partial charge in [-0.15, -0.1) is 0 Å². The number of nitrogens with zero attached hydrogens (tertiary/aromatic N) is 1. The third-order valence-electron chi connectivity index (χ3n) is 5.28. The summed E-state index contributed by atoms with van der Waals surface area (Å²) < 4.78 is 16.1. The second kappa shape index (κ2) is 9.52. The first-order valence-corrected chi connectivity index (χ1v) is 10.0. The molecule has 7 nitrogen and oxygen atoms in total. The number of methoxy groups -OCH3 is 2. The highest BCUT2D eigenvalue weighted by Crippen LogP contribution is 2.44. The third kappa shape index (κ3) is 4.35. The van der Waals surface area contributed by atoms with Crippen LogP contribution in [0.1, 0.15) is 37.3 Å².